The molecule has 0 bridgehead atoms. The van der Waals surface area contributed by atoms with E-state index in [0.717, 1.165) is 6.54 Å². The van der Waals surface area contributed by atoms with Crippen molar-refractivity contribution >= 4 is 0 Å². The van der Waals surface area contributed by atoms with Gasteiger partial charge in [0.25, 0.3) is 0 Å². The molecule has 1 aromatic rings. The quantitative estimate of drug-likeness (QED) is 0.676. The minimum absolute atomic E-state index is 0.281. The van der Waals surface area contributed by atoms with E-state index in [4.69, 9.17) is 0 Å². The van der Waals surface area contributed by atoms with Crippen LogP contribution in [0.4, 0.5) is 0 Å². The predicted octanol–water partition coefficient (Wildman–Crippen LogP) is 1.32. The van der Waals surface area contributed by atoms with Gasteiger partial charge in [-0.3, -0.25) is 4.90 Å². The van der Waals surface area contributed by atoms with Gasteiger partial charge in [0.05, 0.1) is 0 Å². The monoisotopic (exact) mass is 194 g/mol. The molecule has 0 radical (unpaired) electrons. The summed E-state index contributed by atoms with van der Waals surface area (Å²) in [6.07, 6.45) is 4.84. The molecule has 2 heterocycles. The van der Waals surface area contributed by atoms with Gasteiger partial charge in [0.15, 0.2) is 0 Å². The van der Waals surface area contributed by atoms with Crippen LogP contribution in [0.25, 0.3) is 0 Å². The summed E-state index contributed by atoms with van der Waals surface area (Å²) in [5.41, 5.74) is 0.281. The molecule has 1 aliphatic rings. The molecule has 1 aliphatic heterocycles. The summed E-state index contributed by atoms with van der Waals surface area (Å²) < 4.78 is 2.12. The Bertz CT molecular complexity index is 286. The van der Waals surface area contributed by atoms with Crippen molar-refractivity contribution in [2.45, 2.75) is 38.8 Å². The summed E-state index contributed by atoms with van der Waals surface area (Å²) in [5, 5.41) is 7.70. The lowest BCUT2D eigenvalue weighted by atomic mass is 10.1. The Morgan fingerprint density at radius 1 is 1.21 bits per heavy atom. The zero-order valence-corrected chi connectivity index (χ0v) is 9.14. The van der Waals surface area contributed by atoms with E-state index in [1.807, 2.05) is 12.7 Å². The number of nitrogens with zero attached hydrogens (tertiary/aromatic N) is 4. The Hall–Kier alpha value is -0.900. The van der Waals surface area contributed by atoms with Crippen LogP contribution in [-0.2, 0) is 0 Å². The van der Waals surface area contributed by atoms with Gasteiger partial charge in [-0.1, -0.05) is 0 Å². The van der Waals surface area contributed by atoms with Crippen molar-refractivity contribution in [3.05, 3.63) is 12.7 Å². The number of hydrogen-bond donors (Lipinski definition) is 0. The lowest BCUT2D eigenvalue weighted by molar-refractivity contribution is 0.168. The Balaban J connectivity index is 2.02. The number of aromatic nitrogens is 3. The van der Waals surface area contributed by atoms with Crippen LogP contribution in [0.2, 0.25) is 0 Å². The molecule has 1 atom stereocenters. The molecule has 14 heavy (non-hydrogen) atoms. The van der Waals surface area contributed by atoms with Crippen LogP contribution in [0.1, 0.15) is 33.2 Å². The third-order valence-corrected chi connectivity index (χ3v) is 2.97. The fourth-order valence-corrected chi connectivity index (χ4v) is 1.99. The fraction of sp³-hybridized carbons (Fsp3) is 0.800. The first-order valence-corrected chi connectivity index (χ1v) is 5.16. The smallest absolute Gasteiger partial charge is 0.119 e. The third kappa shape index (κ3) is 1.80. The van der Waals surface area contributed by atoms with Crippen LogP contribution in [0.3, 0.4) is 0 Å². The van der Waals surface area contributed by atoms with E-state index in [1.165, 1.54) is 13.0 Å². The maximum Gasteiger partial charge on any atom is 0.119 e. The van der Waals surface area contributed by atoms with Crippen molar-refractivity contribution < 1.29 is 0 Å². The van der Waals surface area contributed by atoms with Crippen LogP contribution < -0.4 is 0 Å². The predicted molar refractivity (Wildman–Crippen MR) is 55.0 cm³/mol. The molecule has 0 spiro atoms. The maximum atomic E-state index is 3.85. The van der Waals surface area contributed by atoms with Crippen molar-refractivity contribution in [2.24, 2.45) is 0 Å². The Labute approximate surface area is 84.9 Å². The zero-order valence-electron chi connectivity index (χ0n) is 9.14. The standard InChI is InChI=1S/C10H18N4/c1-10(2,3)14-5-4-9(6-14)13-7-11-12-8-13/h7-9H,4-6H2,1-3H3/t9-/m0/s1. The fourth-order valence-electron chi connectivity index (χ4n) is 1.99. The van der Waals surface area contributed by atoms with Crippen LogP contribution >= 0.6 is 0 Å². The van der Waals surface area contributed by atoms with E-state index in [1.54, 1.807) is 0 Å². The molecule has 4 heteroatoms. The zero-order chi connectivity index (χ0) is 10.2. The van der Waals surface area contributed by atoms with Crippen molar-refractivity contribution in [1.29, 1.82) is 0 Å². The summed E-state index contributed by atoms with van der Waals surface area (Å²) >= 11 is 0. The van der Waals surface area contributed by atoms with Gasteiger partial charge in [-0.05, 0) is 27.2 Å². The molecular formula is C10H18N4. The molecule has 0 aromatic carbocycles. The summed E-state index contributed by atoms with van der Waals surface area (Å²) in [7, 11) is 0. The summed E-state index contributed by atoms with van der Waals surface area (Å²) in [6.45, 7) is 9.08. The Morgan fingerprint density at radius 2 is 1.86 bits per heavy atom. The normalized spacial score (nSPS) is 24.4. The summed E-state index contributed by atoms with van der Waals surface area (Å²) in [4.78, 5) is 2.51. The number of rotatable bonds is 1. The van der Waals surface area contributed by atoms with E-state index in [2.05, 4.69) is 40.4 Å². The van der Waals surface area contributed by atoms with Crippen LogP contribution in [0.15, 0.2) is 12.7 Å². The van der Waals surface area contributed by atoms with Crippen molar-refractivity contribution in [3.8, 4) is 0 Å². The molecule has 78 valence electrons. The molecule has 0 N–H and O–H groups in total. The van der Waals surface area contributed by atoms with Crippen LogP contribution in [0.5, 0.6) is 0 Å². The van der Waals surface area contributed by atoms with E-state index in [9.17, 15) is 0 Å². The van der Waals surface area contributed by atoms with Gasteiger partial charge < -0.3 is 4.57 Å². The van der Waals surface area contributed by atoms with Crippen molar-refractivity contribution in [2.75, 3.05) is 13.1 Å². The second-order valence-electron chi connectivity index (χ2n) is 4.97. The molecule has 4 nitrogen and oxygen atoms in total. The molecule has 0 unspecified atom stereocenters. The second-order valence-corrected chi connectivity index (χ2v) is 4.97. The van der Waals surface area contributed by atoms with Gasteiger partial charge in [0.2, 0.25) is 0 Å². The Kier molecular flexibility index (Phi) is 2.31. The third-order valence-electron chi connectivity index (χ3n) is 2.97. The summed E-state index contributed by atoms with van der Waals surface area (Å²) in [5.74, 6) is 0. The lowest BCUT2D eigenvalue weighted by Gasteiger charge is -2.31. The molecule has 0 amide bonds. The van der Waals surface area contributed by atoms with Gasteiger partial charge in [-0.2, -0.15) is 0 Å². The molecule has 2 rings (SSSR count). The van der Waals surface area contributed by atoms with E-state index >= 15 is 0 Å². The molecule has 1 fully saturated rings. The first kappa shape index (κ1) is 9.65. The highest BCUT2D eigenvalue weighted by Crippen LogP contribution is 2.26. The van der Waals surface area contributed by atoms with E-state index in [-0.39, 0.29) is 5.54 Å². The topological polar surface area (TPSA) is 34.0 Å². The first-order valence-electron chi connectivity index (χ1n) is 5.16. The maximum absolute atomic E-state index is 3.85. The molecule has 1 saturated heterocycles. The minimum Gasteiger partial charge on any atom is -0.316 e. The van der Waals surface area contributed by atoms with Gasteiger partial charge in [0.1, 0.15) is 12.7 Å². The SMILES string of the molecule is CC(C)(C)N1CC[C@H](n2cnnc2)C1. The minimum atomic E-state index is 0.281. The number of hydrogen-bond acceptors (Lipinski definition) is 3. The first-order chi connectivity index (χ1) is 6.57. The highest BCUT2D eigenvalue weighted by atomic mass is 15.3. The largest absolute Gasteiger partial charge is 0.316 e. The average Bonchev–Trinajstić information content (AvgIpc) is 2.73. The van der Waals surface area contributed by atoms with Crippen molar-refractivity contribution in [1.82, 2.24) is 19.7 Å². The summed E-state index contributed by atoms with van der Waals surface area (Å²) in [6, 6.07) is 0.559. The van der Waals surface area contributed by atoms with Gasteiger partial charge in [0, 0.05) is 24.7 Å². The second kappa shape index (κ2) is 3.35. The molecule has 0 aliphatic carbocycles. The highest BCUT2D eigenvalue weighted by Gasteiger charge is 2.30. The molecule has 0 saturated carbocycles. The molecular weight excluding hydrogens is 176 g/mol. The van der Waals surface area contributed by atoms with Gasteiger partial charge in [-0.15, -0.1) is 10.2 Å². The van der Waals surface area contributed by atoms with E-state index < -0.39 is 0 Å². The average molecular weight is 194 g/mol. The Morgan fingerprint density at radius 3 is 2.36 bits per heavy atom. The van der Waals surface area contributed by atoms with E-state index in [0.29, 0.717) is 6.04 Å². The lowest BCUT2D eigenvalue weighted by Crippen LogP contribution is -2.39. The molecule has 1 aromatic heterocycles. The van der Waals surface area contributed by atoms with Gasteiger partial charge >= 0.3 is 0 Å². The van der Waals surface area contributed by atoms with Crippen molar-refractivity contribution in [3.63, 3.8) is 0 Å². The highest BCUT2D eigenvalue weighted by molar-refractivity contribution is 4.88. The number of likely N-dealkylation sites (tertiary alicyclic amines) is 1. The van der Waals surface area contributed by atoms with Crippen LogP contribution in [0, 0.1) is 0 Å². The van der Waals surface area contributed by atoms with Gasteiger partial charge in [-0.25, -0.2) is 0 Å². The van der Waals surface area contributed by atoms with Crippen LogP contribution in [-0.4, -0.2) is 38.3 Å².